The van der Waals surface area contributed by atoms with Crippen molar-refractivity contribution in [3.63, 3.8) is 0 Å². The molecular weight excluding hydrogens is 292 g/mol. The van der Waals surface area contributed by atoms with Gasteiger partial charge in [0.15, 0.2) is 0 Å². The fraction of sp³-hybridized carbons (Fsp3) is 0.294. The molecule has 3 N–H and O–H groups in total. The summed E-state index contributed by atoms with van der Waals surface area (Å²) in [6, 6.07) is 7.78. The average Bonchev–Trinajstić information content (AvgIpc) is 2.90. The van der Waals surface area contributed by atoms with E-state index in [1.165, 1.54) is 0 Å². The van der Waals surface area contributed by atoms with Crippen molar-refractivity contribution in [3.05, 3.63) is 58.3 Å². The van der Waals surface area contributed by atoms with Crippen molar-refractivity contribution in [2.45, 2.75) is 20.0 Å². The second-order valence-electron chi connectivity index (χ2n) is 5.52. The zero-order valence-corrected chi connectivity index (χ0v) is 13.1. The van der Waals surface area contributed by atoms with Gasteiger partial charge in [0.2, 0.25) is 5.78 Å². The molecular formula is C17H20N4O2. The van der Waals surface area contributed by atoms with E-state index in [4.69, 9.17) is 10.5 Å². The second-order valence-corrected chi connectivity index (χ2v) is 5.52. The molecule has 23 heavy (non-hydrogen) atoms. The number of nitrogens with two attached hydrogens (primary N) is 1. The summed E-state index contributed by atoms with van der Waals surface area (Å²) in [5.74, 6) is 0.557. The standard InChI is InChI=1S/C17H20N4O2/c1-12-9-21-10-15(16(22)20-17(21)19-12)14-5-3-13(4-6-14)11-23-8-2-7-18/h3-6,9-10H,2,7-8,11,18H2,1H3,(H,19,20,22). The van der Waals surface area contributed by atoms with Crippen LogP contribution in [0.15, 0.2) is 41.5 Å². The van der Waals surface area contributed by atoms with Crippen LogP contribution in [-0.2, 0) is 11.3 Å². The summed E-state index contributed by atoms with van der Waals surface area (Å²) in [6.07, 6.45) is 4.57. The summed E-state index contributed by atoms with van der Waals surface area (Å²) in [7, 11) is 0. The monoisotopic (exact) mass is 312 g/mol. The highest BCUT2D eigenvalue weighted by atomic mass is 16.5. The van der Waals surface area contributed by atoms with Gasteiger partial charge in [0.1, 0.15) is 0 Å². The molecule has 0 unspecified atom stereocenters. The first kappa shape index (κ1) is 15.5. The van der Waals surface area contributed by atoms with Crippen LogP contribution in [0.1, 0.15) is 17.7 Å². The number of nitrogens with one attached hydrogen (secondary N) is 1. The van der Waals surface area contributed by atoms with E-state index < -0.39 is 0 Å². The van der Waals surface area contributed by atoms with Gasteiger partial charge >= 0.3 is 0 Å². The van der Waals surface area contributed by atoms with E-state index in [0.29, 0.717) is 31.1 Å². The molecule has 0 aliphatic rings. The summed E-state index contributed by atoms with van der Waals surface area (Å²) in [4.78, 5) is 19.3. The zero-order chi connectivity index (χ0) is 16.2. The smallest absolute Gasteiger partial charge is 0.282 e. The van der Waals surface area contributed by atoms with Crippen LogP contribution in [0.2, 0.25) is 0 Å². The maximum absolute atomic E-state index is 12.2. The van der Waals surface area contributed by atoms with Crippen LogP contribution in [0.25, 0.3) is 16.9 Å². The topological polar surface area (TPSA) is 85.4 Å². The number of nitrogens with zero attached hydrogens (tertiary/aromatic N) is 2. The molecule has 0 saturated heterocycles. The Bertz CT molecular complexity index is 849. The molecule has 0 fully saturated rings. The fourth-order valence-corrected chi connectivity index (χ4v) is 2.43. The lowest BCUT2D eigenvalue weighted by molar-refractivity contribution is 0.120. The molecule has 6 nitrogen and oxygen atoms in total. The van der Waals surface area contributed by atoms with Gasteiger partial charge in [-0.3, -0.25) is 9.20 Å². The third-order valence-electron chi connectivity index (χ3n) is 3.62. The molecule has 3 aromatic rings. The Morgan fingerprint density at radius 1 is 1.26 bits per heavy atom. The average molecular weight is 312 g/mol. The van der Waals surface area contributed by atoms with E-state index in [9.17, 15) is 4.79 Å². The summed E-state index contributed by atoms with van der Waals surface area (Å²) in [5.41, 5.74) is 8.64. The van der Waals surface area contributed by atoms with Crippen molar-refractivity contribution in [3.8, 4) is 11.1 Å². The summed E-state index contributed by atoms with van der Waals surface area (Å²) >= 11 is 0. The molecule has 120 valence electrons. The normalized spacial score (nSPS) is 11.2. The third-order valence-corrected chi connectivity index (χ3v) is 3.62. The van der Waals surface area contributed by atoms with Crippen molar-refractivity contribution in [2.24, 2.45) is 5.73 Å². The maximum atomic E-state index is 12.2. The third kappa shape index (κ3) is 3.49. The Morgan fingerprint density at radius 2 is 2.04 bits per heavy atom. The van der Waals surface area contributed by atoms with Gasteiger partial charge < -0.3 is 15.5 Å². The molecule has 0 amide bonds. The molecule has 2 aromatic heterocycles. The van der Waals surface area contributed by atoms with Gasteiger partial charge in [0.05, 0.1) is 12.2 Å². The minimum absolute atomic E-state index is 0.237. The number of imidazole rings is 1. The van der Waals surface area contributed by atoms with Crippen molar-refractivity contribution in [1.29, 1.82) is 0 Å². The molecule has 0 saturated carbocycles. The zero-order valence-electron chi connectivity index (χ0n) is 13.1. The predicted octanol–water partition coefficient (Wildman–Crippen LogP) is 1.86. The Balaban J connectivity index is 1.81. The fourth-order valence-electron chi connectivity index (χ4n) is 2.43. The van der Waals surface area contributed by atoms with Gasteiger partial charge in [0.25, 0.3) is 5.56 Å². The number of aromatic nitrogens is 3. The molecule has 6 heteroatoms. The van der Waals surface area contributed by atoms with E-state index in [1.54, 1.807) is 6.20 Å². The van der Waals surface area contributed by atoms with Crippen LogP contribution >= 0.6 is 0 Å². The van der Waals surface area contributed by atoms with Crippen molar-refractivity contribution >= 4 is 5.78 Å². The van der Waals surface area contributed by atoms with Crippen LogP contribution in [0.3, 0.4) is 0 Å². The second kappa shape index (κ2) is 6.76. The molecule has 0 bridgehead atoms. The molecule has 0 aliphatic carbocycles. The van der Waals surface area contributed by atoms with E-state index in [0.717, 1.165) is 23.2 Å². The van der Waals surface area contributed by atoms with Crippen molar-refractivity contribution in [1.82, 2.24) is 14.4 Å². The minimum Gasteiger partial charge on any atom is -0.377 e. The molecule has 0 spiro atoms. The van der Waals surface area contributed by atoms with E-state index in [-0.39, 0.29) is 5.56 Å². The first-order valence-electron chi connectivity index (χ1n) is 7.63. The number of rotatable bonds is 6. The molecule has 0 atom stereocenters. The van der Waals surface area contributed by atoms with Gasteiger partial charge in [-0.15, -0.1) is 0 Å². The lowest BCUT2D eigenvalue weighted by Gasteiger charge is -2.05. The number of hydrogen-bond acceptors (Lipinski definition) is 4. The van der Waals surface area contributed by atoms with Crippen LogP contribution in [0.5, 0.6) is 0 Å². The molecule has 2 heterocycles. The van der Waals surface area contributed by atoms with Crippen molar-refractivity contribution in [2.75, 3.05) is 13.2 Å². The summed E-state index contributed by atoms with van der Waals surface area (Å²) in [6.45, 7) is 3.77. The van der Waals surface area contributed by atoms with Gasteiger partial charge in [-0.05, 0) is 31.0 Å². The van der Waals surface area contributed by atoms with Gasteiger partial charge in [-0.1, -0.05) is 24.3 Å². The quantitative estimate of drug-likeness (QED) is 0.680. The van der Waals surface area contributed by atoms with Crippen molar-refractivity contribution < 1.29 is 4.74 Å². The summed E-state index contributed by atoms with van der Waals surface area (Å²) < 4.78 is 7.36. The van der Waals surface area contributed by atoms with E-state index in [1.807, 2.05) is 41.8 Å². The number of hydrogen-bond donors (Lipinski definition) is 2. The largest absolute Gasteiger partial charge is 0.377 e. The van der Waals surface area contributed by atoms with Crippen LogP contribution in [0, 0.1) is 6.92 Å². The Kier molecular flexibility index (Phi) is 4.55. The van der Waals surface area contributed by atoms with Crippen LogP contribution in [-0.4, -0.2) is 27.5 Å². The minimum atomic E-state index is -0.237. The lowest BCUT2D eigenvalue weighted by Crippen LogP contribution is -2.11. The summed E-state index contributed by atoms with van der Waals surface area (Å²) in [5, 5.41) is 0. The van der Waals surface area contributed by atoms with Crippen LogP contribution < -0.4 is 11.3 Å². The van der Waals surface area contributed by atoms with E-state index >= 15 is 0 Å². The van der Waals surface area contributed by atoms with Crippen LogP contribution in [0.4, 0.5) is 0 Å². The first-order chi connectivity index (χ1) is 11.2. The first-order valence-corrected chi connectivity index (χ1v) is 7.63. The van der Waals surface area contributed by atoms with Gasteiger partial charge in [-0.25, -0.2) is 0 Å². The molecule has 3 rings (SSSR count). The van der Waals surface area contributed by atoms with Gasteiger partial charge in [-0.2, -0.15) is 4.98 Å². The molecule has 1 aromatic carbocycles. The Morgan fingerprint density at radius 3 is 2.78 bits per heavy atom. The predicted molar refractivity (Wildman–Crippen MR) is 89.3 cm³/mol. The molecule has 0 aliphatic heterocycles. The SMILES string of the molecule is Cc1cn2cc(-c3ccc(COCCCN)cc3)c(=O)nc2[nH]1. The van der Waals surface area contributed by atoms with E-state index in [2.05, 4.69) is 9.97 Å². The number of benzene rings is 1. The molecule has 0 radical (unpaired) electrons. The number of aromatic amines is 1. The number of H-pyrrole nitrogens is 1. The number of aryl methyl sites for hydroxylation is 1. The lowest BCUT2D eigenvalue weighted by atomic mass is 10.1. The Labute approximate surface area is 133 Å². The highest BCUT2D eigenvalue weighted by Gasteiger charge is 2.08. The number of ether oxygens (including phenoxy) is 1. The maximum Gasteiger partial charge on any atom is 0.282 e. The highest BCUT2D eigenvalue weighted by molar-refractivity contribution is 5.62. The van der Waals surface area contributed by atoms with Gasteiger partial charge in [0, 0.05) is 24.7 Å². The Hall–Kier alpha value is -2.44. The number of fused-ring (bicyclic) bond motifs is 1. The highest BCUT2D eigenvalue weighted by Crippen LogP contribution is 2.17.